The minimum atomic E-state index is -4.69. The molecule has 3 rings (SSSR count). The van der Waals surface area contributed by atoms with Gasteiger partial charge in [-0.15, -0.1) is 13.2 Å². The lowest BCUT2D eigenvalue weighted by Crippen LogP contribution is -2.17. The first-order chi connectivity index (χ1) is 10.4. The maximum Gasteiger partial charge on any atom is 0.573 e. The van der Waals surface area contributed by atoms with Crippen LogP contribution in [0.1, 0.15) is 17.2 Å². The van der Waals surface area contributed by atoms with E-state index in [0.717, 1.165) is 16.5 Å². The van der Waals surface area contributed by atoms with Gasteiger partial charge in [-0.2, -0.15) is 0 Å². The fourth-order valence-electron chi connectivity index (χ4n) is 2.41. The molecule has 0 spiro atoms. The minimum absolute atomic E-state index is 0.262. The maximum absolute atomic E-state index is 12.1. The van der Waals surface area contributed by atoms with Crippen molar-refractivity contribution in [1.82, 2.24) is 4.98 Å². The Morgan fingerprint density at radius 2 is 1.68 bits per heavy atom. The number of H-pyrrole nitrogens is 1. The Morgan fingerprint density at radius 1 is 1.00 bits per heavy atom. The molecule has 1 atom stereocenters. The molecule has 0 bridgehead atoms. The summed E-state index contributed by atoms with van der Waals surface area (Å²) in [6.07, 6.45) is -2.88. The number of hydrogen-bond donors (Lipinski definition) is 2. The highest BCUT2D eigenvalue weighted by molar-refractivity contribution is 5.84. The topological polar surface area (TPSA) is 51.0 Å². The van der Waals surface area contributed by atoms with E-state index in [0.29, 0.717) is 5.56 Å². The van der Waals surface area contributed by atoms with E-state index in [2.05, 4.69) is 9.72 Å². The normalized spacial score (nSPS) is 13.3. The largest absolute Gasteiger partial charge is 0.573 e. The van der Waals surface area contributed by atoms with Crippen LogP contribution in [0.4, 0.5) is 13.2 Å². The summed E-state index contributed by atoms with van der Waals surface area (Å²) in [7, 11) is 0. The third-order valence-electron chi connectivity index (χ3n) is 3.43. The second-order valence-electron chi connectivity index (χ2n) is 4.88. The number of aromatic amines is 1. The molecule has 0 saturated heterocycles. The van der Waals surface area contributed by atoms with Crippen molar-refractivity contribution in [3.8, 4) is 5.75 Å². The molecule has 0 aliphatic rings. The molecule has 1 heterocycles. The van der Waals surface area contributed by atoms with Crippen molar-refractivity contribution in [3.63, 3.8) is 0 Å². The van der Waals surface area contributed by atoms with Gasteiger partial charge in [0.05, 0.1) is 6.04 Å². The molecular formula is C16H13F3N2O. The first-order valence-electron chi connectivity index (χ1n) is 6.61. The quantitative estimate of drug-likeness (QED) is 0.765. The molecular weight excluding hydrogens is 293 g/mol. The predicted molar refractivity (Wildman–Crippen MR) is 77.5 cm³/mol. The zero-order valence-electron chi connectivity index (χ0n) is 11.4. The van der Waals surface area contributed by atoms with E-state index in [-0.39, 0.29) is 5.75 Å². The number of para-hydroxylation sites is 1. The molecule has 3 N–H and O–H groups in total. The molecule has 0 radical (unpaired) electrons. The van der Waals surface area contributed by atoms with Gasteiger partial charge in [-0.3, -0.25) is 0 Å². The van der Waals surface area contributed by atoms with E-state index in [1.165, 1.54) is 24.3 Å². The van der Waals surface area contributed by atoms with Crippen LogP contribution in [-0.2, 0) is 0 Å². The third-order valence-corrected chi connectivity index (χ3v) is 3.43. The number of nitrogens with one attached hydrogen (secondary N) is 1. The van der Waals surface area contributed by atoms with Crippen molar-refractivity contribution in [2.24, 2.45) is 5.73 Å². The van der Waals surface area contributed by atoms with Gasteiger partial charge in [-0.1, -0.05) is 30.3 Å². The van der Waals surface area contributed by atoms with Gasteiger partial charge in [-0.25, -0.2) is 0 Å². The predicted octanol–water partition coefficient (Wildman–Crippen LogP) is 4.11. The fourth-order valence-corrected chi connectivity index (χ4v) is 2.41. The van der Waals surface area contributed by atoms with E-state index >= 15 is 0 Å². The van der Waals surface area contributed by atoms with Crippen LogP contribution in [0.5, 0.6) is 5.75 Å². The second kappa shape index (κ2) is 5.38. The van der Waals surface area contributed by atoms with Gasteiger partial charge in [-0.05, 0) is 29.3 Å². The van der Waals surface area contributed by atoms with Crippen LogP contribution >= 0.6 is 0 Å². The van der Waals surface area contributed by atoms with Crippen LogP contribution in [0.2, 0.25) is 0 Å². The molecule has 114 valence electrons. The number of halogens is 3. The molecule has 0 amide bonds. The van der Waals surface area contributed by atoms with Gasteiger partial charge in [0.2, 0.25) is 0 Å². The lowest BCUT2D eigenvalue weighted by atomic mass is 9.99. The number of benzene rings is 2. The molecule has 2 aromatic carbocycles. The summed E-state index contributed by atoms with van der Waals surface area (Å²) in [6.45, 7) is 0. The van der Waals surface area contributed by atoms with Crippen LogP contribution < -0.4 is 10.5 Å². The van der Waals surface area contributed by atoms with E-state index in [1.54, 1.807) is 0 Å². The Bertz CT molecular complexity index is 778. The zero-order valence-corrected chi connectivity index (χ0v) is 11.4. The van der Waals surface area contributed by atoms with Crippen molar-refractivity contribution in [3.05, 3.63) is 65.9 Å². The van der Waals surface area contributed by atoms with Crippen LogP contribution in [0.15, 0.2) is 54.7 Å². The molecule has 1 aromatic heterocycles. The van der Waals surface area contributed by atoms with Gasteiger partial charge in [0.1, 0.15) is 5.75 Å². The number of fused-ring (bicyclic) bond motifs is 1. The molecule has 0 unspecified atom stereocenters. The summed E-state index contributed by atoms with van der Waals surface area (Å²) in [6, 6.07) is 12.9. The Labute approximate surface area is 124 Å². The summed E-state index contributed by atoms with van der Waals surface area (Å²) >= 11 is 0. The van der Waals surface area contributed by atoms with E-state index in [4.69, 9.17) is 5.73 Å². The van der Waals surface area contributed by atoms with Gasteiger partial charge >= 0.3 is 6.36 Å². The zero-order chi connectivity index (χ0) is 15.7. The summed E-state index contributed by atoms with van der Waals surface area (Å²) in [5.41, 5.74) is 8.78. The van der Waals surface area contributed by atoms with Gasteiger partial charge in [0.15, 0.2) is 0 Å². The maximum atomic E-state index is 12.1. The fraction of sp³-hybridized carbons (Fsp3) is 0.125. The van der Waals surface area contributed by atoms with E-state index in [9.17, 15) is 13.2 Å². The number of ether oxygens (including phenoxy) is 1. The molecule has 6 heteroatoms. The summed E-state index contributed by atoms with van der Waals surface area (Å²) in [5, 5.41) is 0.991. The van der Waals surface area contributed by atoms with Gasteiger partial charge < -0.3 is 15.5 Å². The molecule has 0 aliphatic carbocycles. The lowest BCUT2D eigenvalue weighted by molar-refractivity contribution is -0.274. The highest BCUT2D eigenvalue weighted by Crippen LogP contribution is 2.29. The van der Waals surface area contributed by atoms with Crippen molar-refractivity contribution in [1.29, 1.82) is 0 Å². The molecule has 3 aromatic rings. The average Bonchev–Trinajstić information content (AvgIpc) is 2.89. The summed E-state index contributed by atoms with van der Waals surface area (Å²) in [4.78, 5) is 3.13. The highest BCUT2D eigenvalue weighted by atomic mass is 19.4. The van der Waals surface area contributed by atoms with E-state index in [1.807, 2.05) is 30.5 Å². The molecule has 0 fully saturated rings. The third kappa shape index (κ3) is 2.92. The summed E-state index contributed by atoms with van der Waals surface area (Å²) < 4.78 is 40.3. The van der Waals surface area contributed by atoms with Crippen LogP contribution in [-0.4, -0.2) is 11.3 Å². The minimum Gasteiger partial charge on any atom is -0.406 e. The molecule has 0 aliphatic heterocycles. The van der Waals surface area contributed by atoms with Gasteiger partial charge in [0.25, 0.3) is 0 Å². The first kappa shape index (κ1) is 14.5. The Morgan fingerprint density at radius 3 is 2.36 bits per heavy atom. The van der Waals surface area contributed by atoms with Crippen LogP contribution in [0.3, 0.4) is 0 Å². The SMILES string of the molecule is N[C@@H](c1ccc(OC(F)(F)F)cc1)c1c[nH]c2ccccc12. The Hall–Kier alpha value is -2.47. The average molecular weight is 306 g/mol. The van der Waals surface area contributed by atoms with Crippen molar-refractivity contribution in [2.45, 2.75) is 12.4 Å². The first-order valence-corrected chi connectivity index (χ1v) is 6.61. The Balaban J connectivity index is 1.87. The van der Waals surface area contributed by atoms with Crippen molar-refractivity contribution in [2.75, 3.05) is 0 Å². The number of aromatic nitrogens is 1. The molecule has 0 saturated carbocycles. The number of alkyl halides is 3. The number of hydrogen-bond acceptors (Lipinski definition) is 2. The number of nitrogens with two attached hydrogens (primary N) is 1. The monoisotopic (exact) mass is 306 g/mol. The highest BCUT2D eigenvalue weighted by Gasteiger charge is 2.31. The standard InChI is InChI=1S/C16H13F3N2O/c17-16(18,19)22-11-7-5-10(6-8-11)15(20)13-9-21-14-4-2-1-3-12(13)14/h1-9,15,21H,20H2/t15-/m0/s1. The lowest BCUT2D eigenvalue weighted by Gasteiger charge is -2.13. The second-order valence-corrected chi connectivity index (χ2v) is 4.88. The Kier molecular flexibility index (Phi) is 3.54. The van der Waals surface area contributed by atoms with Gasteiger partial charge in [0, 0.05) is 17.1 Å². The van der Waals surface area contributed by atoms with Crippen molar-refractivity contribution >= 4 is 10.9 Å². The van der Waals surface area contributed by atoms with Crippen molar-refractivity contribution < 1.29 is 17.9 Å². The molecule has 3 nitrogen and oxygen atoms in total. The number of rotatable bonds is 3. The van der Waals surface area contributed by atoms with E-state index < -0.39 is 12.4 Å². The van der Waals surface area contributed by atoms with Crippen LogP contribution in [0.25, 0.3) is 10.9 Å². The molecule has 22 heavy (non-hydrogen) atoms. The smallest absolute Gasteiger partial charge is 0.406 e. The summed E-state index contributed by atoms with van der Waals surface area (Å²) in [5.74, 6) is -0.262. The van der Waals surface area contributed by atoms with Crippen LogP contribution in [0, 0.1) is 0 Å².